The minimum absolute atomic E-state index is 0.161. The number of hydrogen-bond donors (Lipinski definition) is 2. The first kappa shape index (κ1) is 16.4. The standard InChI is InChI=1S/C15H25N3O2/c1-3-5-10-20-11-9-17-15(19)14-7-6-13(12-18-14)16-8-4-2/h6-7,12,16H,3-5,8-11H2,1-2H3,(H,17,19). The fourth-order valence-corrected chi connectivity index (χ4v) is 1.58. The summed E-state index contributed by atoms with van der Waals surface area (Å²) in [5.41, 5.74) is 1.37. The summed E-state index contributed by atoms with van der Waals surface area (Å²) in [5.74, 6) is -0.161. The lowest BCUT2D eigenvalue weighted by Gasteiger charge is -2.07. The van der Waals surface area contributed by atoms with Gasteiger partial charge in [0.1, 0.15) is 5.69 Å². The Balaban J connectivity index is 2.25. The molecule has 0 fully saturated rings. The molecule has 1 rings (SSSR count). The Morgan fingerprint density at radius 2 is 2.05 bits per heavy atom. The minimum Gasteiger partial charge on any atom is -0.384 e. The van der Waals surface area contributed by atoms with Gasteiger partial charge < -0.3 is 15.4 Å². The predicted molar refractivity (Wildman–Crippen MR) is 81.1 cm³/mol. The lowest BCUT2D eigenvalue weighted by atomic mass is 10.3. The predicted octanol–water partition coefficient (Wildman–Crippen LogP) is 2.45. The highest BCUT2D eigenvalue weighted by atomic mass is 16.5. The van der Waals surface area contributed by atoms with E-state index in [0.717, 1.165) is 38.1 Å². The van der Waals surface area contributed by atoms with Gasteiger partial charge in [0.2, 0.25) is 0 Å². The number of amides is 1. The highest BCUT2D eigenvalue weighted by Gasteiger charge is 2.05. The normalized spacial score (nSPS) is 10.3. The van der Waals surface area contributed by atoms with Crippen LogP contribution in [0.3, 0.4) is 0 Å². The molecule has 5 nitrogen and oxygen atoms in total. The molecule has 0 bridgehead atoms. The van der Waals surface area contributed by atoms with Crippen LogP contribution in [0.1, 0.15) is 43.6 Å². The second-order valence-electron chi connectivity index (χ2n) is 4.58. The van der Waals surface area contributed by atoms with E-state index in [1.54, 1.807) is 12.3 Å². The molecule has 112 valence electrons. The number of carbonyl (C=O) groups is 1. The lowest BCUT2D eigenvalue weighted by molar-refractivity contribution is 0.0908. The van der Waals surface area contributed by atoms with Crippen molar-refractivity contribution >= 4 is 11.6 Å². The van der Waals surface area contributed by atoms with Crippen LogP contribution in [-0.4, -0.2) is 37.2 Å². The Labute approximate surface area is 121 Å². The molecule has 0 spiro atoms. The largest absolute Gasteiger partial charge is 0.384 e. The molecule has 5 heteroatoms. The van der Waals surface area contributed by atoms with Gasteiger partial charge in [0.25, 0.3) is 5.91 Å². The van der Waals surface area contributed by atoms with Gasteiger partial charge in [0.05, 0.1) is 18.5 Å². The number of nitrogens with zero attached hydrogens (tertiary/aromatic N) is 1. The molecule has 0 aliphatic carbocycles. The van der Waals surface area contributed by atoms with E-state index in [4.69, 9.17) is 4.74 Å². The van der Waals surface area contributed by atoms with Crippen LogP contribution in [0.2, 0.25) is 0 Å². The molecule has 2 N–H and O–H groups in total. The van der Waals surface area contributed by atoms with Crippen LogP contribution in [0.4, 0.5) is 5.69 Å². The number of unbranched alkanes of at least 4 members (excludes halogenated alkanes) is 1. The van der Waals surface area contributed by atoms with Gasteiger partial charge in [-0.2, -0.15) is 0 Å². The monoisotopic (exact) mass is 279 g/mol. The van der Waals surface area contributed by atoms with Gasteiger partial charge in [-0.1, -0.05) is 20.3 Å². The van der Waals surface area contributed by atoms with Gasteiger partial charge in [-0.25, -0.2) is 4.98 Å². The first-order valence-electron chi connectivity index (χ1n) is 7.33. The Hall–Kier alpha value is -1.62. The molecule has 1 amide bonds. The van der Waals surface area contributed by atoms with Crippen LogP contribution in [0.15, 0.2) is 18.3 Å². The summed E-state index contributed by atoms with van der Waals surface area (Å²) in [4.78, 5) is 16.0. The van der Waals surface area contributed by atoms with Gasteiger partial charge in [0, 0.05) is 19.7 Å². The molecule has 1 aromatic rings. The maximum atomic E-state index is 11.8. The molecule has 0 radical (unpaired) electrons. The number of nitrogens with one attached hydrogen (secondary N) is 2. The summed E-state index contributed by atoms with van der Waals surface area (Å²) in [5, 5.41) is 6.01. The summed E-state index contributed by atoms with van der Waals surface area (Å²) in [6.07, 6.45) is 4.92. The number of carbonyl (C=O) groups excluding carboxylic acids is 1. The molecular formula is C15H25N3O2. The number of anilines is 1. The average Bonchev–Trinajstić information content (AvgIpc) is 2.49. The molecular weight excluding hydrogens is 254 g/mol. The van der Waals surface area contributed by atoms with E-state index in [2.05, 4.69) is 29.5 Å². The maximum absolute atomic E-state index is 11.8. The van der Waals surface area contributed by atoms with Crippen molar-refractivity contribution in [3.8, 4) is 0 Å². The number of rotatable bonds is 10. The summed E-state index contributed by atoms with van der Waals surface area (Å²) in [6, 6.07) is 3.60. The smallest absolute Gasteiger partial charge is 0.269 e. The van der Waals surface area contributed by atoms with E-state index in [-0.39, 0.29) is 5.91 Å². The fraction of sp³-hybridized carbons (Fsp3) is 0.600. The van der Waals surface area contributed by atoms with E-state index >= 15 is 0 Å². The van der Waals surface area contributed by atoms with E-state index < -0.39 is 0 Å². The topological polar surface area (TPSA) is 63.2 Å². The SMILES string of the molecule is CCCCOCCNC(=O)c1ccc(NCCC)cn1. The Kier molecular flexibility index (Phi) is 8.38. The van der Waals surface area contributed by atoms with Crippen LogP contribution < -0.4 is 10.6 Å². The van der Waals surface area contributed by atoms with Gasteiger partial charge in [-0.05, 0) is 25.0 Å². The second-order valence-corrected chi connectivity index (χ2v) is 4.58. The van der Waals surface area contributed by atoms with Gasteiger partial charge in [-0.3, -0.25) is 4.79 Å². The van der Waals surface area contributed by atoms with Crippen LogP contribution >= 0.6 is 0 Å². The molecule has 0 aliphatic rings. The van der Waals surface area contributed by atoms with Crippen molar-refractivity contribution in [3.05, 3.63) is 24.0 Å². The fourth-order valence-electron chi connectivity index (χ4n) is 1.58. The number of aromatic nitrogens is 1. The quantitative estimate of drug-likeness (QED) is 0.646. The maximum Gasteiger partial charge on any atom is 0.269 e. The second kappa shape index (κ2) is 10.2. The van der Waals surface area contributed by atoms with E-state index in [1.165, 1.54) is 0 Å². The third-order valence-electron chi connectivity index (χ3n) is 2.75. The van der Waals surface area contributed by atoms with Crippen molar-refractivity contribution in [1.29, 1.82) is 0 Å². The van der Waals surface area contributed by atoms with Crippen molar-refractivity contribution in [2.45, 2.75) is 33.1 Å². The number of ether oxygens (including phenoxy) is 1. The van der Waals surface area contributed by atoms with Gasteiger partial charge in [0.15, 0.2) is 0 Å². The highest BCUT2D eigenvalue weighted by molar-refractivity contribution is 5.92. The van der Waals surface area contributed by atoms with Crippen LogP contribution in [0.5, 0.6) is 0 Å². The molecule has 1 aromatic heterocycles. The summed E-state index contributed by atoms with van der Waals surface area (Å²) < 4.78 is 5.38. The zero-order valence-corrected chi connectivity index (χ0v) is 12.4. The first-order chi connectivity index (χ1) is 9.77. The molecule has 0 atom stereocenters. The molecule has 0 aromatic carbocycles. The van der Waals surface area contributed by atoms with Crippen LogP contribution in [-0.2, 0) is 4.74 Å². The third kappa shape index (κ3) is 6.52. The van der Waals surface area contributed by atoms with Crippen molar-refractivity contribution in [2.24, 2.45) is 0 Å². The van der Waals surface area contributed by atoms with Gasteiger partial charge in [-0.15, -0.1) is 0 Å². The van der Waals surface area contributed by atoms with E-state index in [1.807, 2.05) is 6.07 Å². The van der Waals surface area contributed by atoms with Gasteiger partial charge >= 0.3 is 0 Å². The molecule has 0 saturated carbocycles. The van der Waals surface area contributed by atoms with Crippen molar-refractivity contribution in [2.75, 3.05) is 31.6 Å². The molecule has 0 aliphatic heterocycles. The summed E-state index contributed by atoms with van der Waals surface area (Å²) in [7, 11) is 0. The number of hydrogen-bond acceptors (Lipinski definition) is 4. The molecule has 0 saturated heterocycles. The van der Waals surface area contributed by atoms with Crippen LogP contribution in [0.25, 0.3) is 0 Å². The van der Waals surface area contributed by atoms with E-state index in [9.17, 15) is 4.79 Å². The first-order valence-corrected chi connectivity index (χ1v) is 7.33. The Bertz CT molecular complexity index is 379. The minimum atomic E-state index is -0.161. The molecule has 1 heterocycles. The zero-order valence-electron chi connectivity index (χ0n) is 12.4. The highest BCUT2D eigenvalue weighted by Crippen LogP contribution is 2.05. The Morgan fingerprint density at radius 3 is 2.70 bits per heavy atom. The number of pyridine rings is 1. The summed E-state index contributed by atoms with van der Waals surface area (Å²) >= 11 is 0. The van der Waals surface area contributed by atoms with Crippen molar-refractivity contribution < 1.29 is 9.53 Å². The summed E-state index contributed by atoms with van der Waals surface area (Å²) in [6.45, 7) is 6.94. The lowest BCUT2D eigenvalue weighted by Crippen LogP contribution is -2.28. The average molecular weight is 279 g/mol. The zero-order chi connectivity index (χ0) is 14.6. The van der Waals surface area contributed by atoms with Crippen LogP contribution in [0, 0.1) is 0 Å². The third-order valence-corrected chi connectivity index (χ3v) is 2.75. The van der Waals surface area contributed by atoms with Crippen molar-refractivity contribution in [1.82, 2.24) is 10.3 Å². The Morgan fingerprint density at radius 1 is 1.20 bits per heavy atom. The van der Waals surface area contributed by atoms with E-state index in [0.29, 0.717) is 18.8 Å². The molecule has 0 unspecified atom stereocenters. The molecule has 20 heavy (non-hydrogen) atoms. The van der Waals surface area contributed by atoms with Crippen molar-refractivity contribution in [3.63, 3.8) is 0 Å².